The summed E-state index contributed by atoms with van der Waals surface area (Å²) in [5.41, 5.74) is 6.57. The first kappa shape index (κ1) is 22.8. The van der Waals surface area contributed by atoms with Gasteiger partial charge in [-0.1, -0.05) is 53.7 Å². The van der Waals surface area contributed by atoms with Crippen LogP contribution in [0.2, 0.25) is 0 Å². The number of para-hydroxylation sites is 1. The van der Waals surface area contributed by atoms with Crippen molar-refractivity contribution in [3.8, 4) is 11.5 Å². The maximum Gasteiger partial charge on any atom is 0.250 e. The Bertz CT molecular complexity index is 1250. The van der Waals surface area contributed by atoms with Gasteiger partial charge in [0.25, 0.3) is 5.91 Å². The van der Waals surface area contributed by atoms with Crippen molar-refractivity contribution in [1.29, 1.82) is 0 Å². The van der Waals surface area contributed by atoms with Crippen LogP contribution >= 0.6 is 23.1 Å². The summed E-state index contributed by atoms with van der Waals surface area (Å²) in [5, 5.41) is 4.05. The van der Waals surface area contributed by atoms with Crippen LogP contribution in [0.5, 0.6) is 11.5 Å². The molecule has 1 N–H and O–H groups in total. The SMILES string of the molecule is COc1cc(/C=N/NC(=O)CSc2nc3ccccc3s2)ccc1OCc1cccc(C)c1. The quantitative estimate of drug-likeness (QED) is 0.198. The van der Waals surface area contributed by atoms with Crippen LogP contribution in [-0.2, 0) is 11.4 Å². The van der Waals surface area contributed by atoms with E-state index in [2.05, 4.69) is 34.6 Å². The number of hydrazone groups is 1. The summed E-state index contributed by atoms with van der Waals surface area (Å²) < 4.78 is 13.3. The number of nitrogens with one attached hydrogen (secondary N) is 1. The Morgan fingerprint density at radius 2 is 2.00 bits per heavy atom. The number of carbonyl (C=O) groups is 1. The number of thioether (sulfide) groups is 1. The van der Waals surface area contributed by atoms with E-state index >= 15 is 0 Å². The van der Waals surface area contributed by atoms with Gasteiger partial charge in [0.2, 0.25) is 0 Å². The lowest BCUT2D eigenvalue weighted by atomic mass is 10.1. The number of ether oxygens (including phenoxy) is 2. The van der Waals surface area contributed by atoms with E-state index in [-0.39, 0.29) is 11.7 Å². The number of aromatic nitrogens is 1. The molecule has 0 fully saturated rings. The van der Waals surface area contributed by atoms with E-state index in [4.69, 9.17) is 9.47 Å². The van der Waals surface area contributed by atoms with Crippen molar-refractivity contribution in [3.63, 3.8) is 0 Å². The Hall–Kier alpha value is -3.36. The standard InChI is InChI=1S/C25H23N3O3S2/c1-17-6-5-7-19(12-17)15-31-21-11-10-18(13-22(21)30-2)14-26-28-24(29)16-32-25-27-20-8-3-4-9-23(20)33-25/h3-14H,15-16H2,1-2H3,(H,28,29)/b26-14+. The summed E-state index contributed by atoms with van der Waals surface area (Å²) >= 11 is 2.97. The van der Waals surface area contributed by atoms with E-state index in [1.54, 1.807) is 24.7 Å². The summed E-state index contributed by atoms with van der Waals surface area (Å²) in [6, 6.07) is 21.6. The summed E-state index contributed by atoms with van der Waals surface area (Å²) in [5.74, 6) is 1.30. The molecule has 4 aromatic rings. The van der Waals surface area contributed by atoms with E-state index in [1.165, 1.54) is 17.3 Å². The zero-order valence-electron chi connectivity index (χ0n) is 18.3. The molecular formula is C25H23N3O3S2. The lowest BCUT2D eigenvalue weighted by Gasteiger charge is -2.11. The van der Waals surface area contributed by atoms with Crippen LogP contribution in [-0.4, -0.2) is 30.0 Å². The van der Waals surface area contributed by atoms with Gasteiger partial charge in [0.05, 0.1) is 29.3 Å². The van der Waals surface area contributed by atoms with E-state index in [0.717, 1.165) is 25.7 Å². The first-order valence-corrected chi connectivity index (χ1v) is 12.1. The highest BCUT2D eigenvalue weighted by atomic mass is 32.2. The Labute approximate surface area is 200 Å². The molecule has 1 amide bonds. The van der Waals surface area contributed by atoms with Gasteiger partial charge >= 0.3 is 0 Å². The molecule has 1 aromatic heterocycles. The molecule has 0 aliphatic rings. The highest BCUT2D eigenvalue weighted by Crippen LogP contribution is 2.29. The molecule has 1 heterocycles. The molecule has 0 atom stereocenters. The third kappa shape index (κ3) is 6.34. The van der Waals surface area contributed by atoms with E-state index in [1.807, 2.05) is 54.6 Å². The molecule has 0 unspecified atom stereocenters. The molecule has 0 spiro atoms. The van der Waals surface area contributed by atoms with Gasteiger partial charge in [-0.15, -0.1) is 11.3 Å². The second-order valence-corrected chi connectivity index (χ2v) is 9.47. The normalized spacial score (nSPS) is 11.1. The minimum atomic E-state index is -0.194. The van der Waals surface area contributed by atoms with Gasteiger partial charge in [-0.2, -0.15) is 5.10 Å². The molecule has 8 heteroatoms. The highest BCUT2D eigenvalue weighted by molar-refractivity contribution is 8.01. The van der Waals surface area contributed by atoms with Crippen molar-refractivity contribution in [2.75, 3.05) is 12.9 Å². The van der Waals surface area contributed by atoms with Crippen molar-refractivity contribution < 1.29 is 14.3 Å². The molecule has 0 bridgehead atoms. The number of amides is 1. The molecule has 33 heavy (non-hydrogen) atoms. The largest absolute Gasteiger partial charge is 0.493 e. The number of hydrogen-bond acceptors (Lipinski definition) is 7. The molecule has 168 valence electrons. The molecule has 0 saturated carbocycles. The van der Waals surface area contributed by atoms with Crippen LogP contribution in [0, 0.1) is 6.92 Å². The van der Waals surface area contributed by atoms with E-state index in [9.17, 15) is 4.79 Å². The van der Waals surface area contributed by atoms with Gasteiger partial charge in [-0.3, -0.25) is 4.79 Å². The van der Waals surface area contributed by atoms with Crippen molar-refractivity contribution in [3.05, 3.63) is 83.4 Å². The average molecular weight is 478 g/mol. The second kappa shape index (κ2) is 11.0. The molecular weight excluding hydrogens is 454 g/mol. The smallest absolute Gasteiger partial charge is 0.250 e. The number of methoxy groups -OCH3 is 1. The summed E-state index contributed by atoms with van der Waals surface area (Å²) in [6.07, 6.45) is 1.58. The van der Waals surface area contributed by atoms with Gasteiger partial charge in [-0.25, -0.2) is 10.4 Å². The Kier molecular flexibility index (Phi) is 7.59. The monoisotopic (exact) mass is 477 g/mol. The number of nitrogens with zero attached hydrogens (tertiary/aromatic N) is 2. The molecule has 0 aliphatic heterocycles. The number of hydrogen-bond donors (Lipinski definition) is 1. The average Bonchev–Trinajstić information content (AvgIpc) is 3.25. The first-order chi connectivity index (χ1) is 16.1. The number of aryl methyl sites for hydroxylation is 1. The van der Waals surface area contributed by atoms with Gasteiger partial charge in [-0.05, 0) is 48.4 Å². The van der Waals surface area contributed by atoms with Crippen molar-refractivity contribution in [2.24, 2.45) is 5.10 Å². The maximum atomic E-state index is 12.1. The zero-order chi connectivity index (χ0) is 23.0. The van der Waals surface area contributed by atoms with Crippen LogP contribution in [0.1, 0.15) is 16.7 Å². The van der Waals surface area contributed by atoms with Crippen LogP contribution < -0.4 is 14.9 Å². The number of benzene rings is 3. The molecule has 0 radical (unpaired) electrons. The summed E-state index contributed by atoms with van der Waals surface area (Å²) in [7, 11) is 1.59. The molecule has 4 rings (SSSR count). The van der Waals surface area contributed by atoms with E-state index in [0.29, 0.717) is 18.1 Å². The zero-order valence-corrected chi connectivity index (χ0v) is 19.9. The number of fused-ring (bicyclic) bond motifs is 1. The maximum absolute atomic E-state index is 12.1. The summed E-state index contributed by atoms with van der Waals surface area (Å²) in [4.78, 5) is 16.6. The van der Waals surface area contributed by atoms with Gasteiger partial charge in [0.15, 0.2) is 15.8 Å². The predicted octanol–water partition coefficient (Wildman–Crippen LogP) is 5.43. The minimum absolute atomic E-state index is 0.194. The van der Waals surface area contributed by atoms with E-state index < -0.39 is 0 Å². The van der Waals surface area contributed by atoms with Crippen molar-refractivity contribution in [1.82, 2.24) is 10.4 Å². The molecule has 6 nitrogen and oxygen atoms in total. The molecule has 3 aromatic carbocycles. The number of carbonyl (C=O) groups excluding carboxylic acids is 1. The Morgan fingerprint density at radius 3 is 2.82 bits per heavy atom. The van der Waals surface area contributed by atoms with Gasteiger partial charge < -0.3 is 9.47 Å². The van der Waals surface area contributed by atoms with Crippen LogP contribution in [0.25, 0.3) is 10.2 Å². The van der Waals surface area contributed by atoms with Crippen LogP contribution in [0.15, 0.2) is 76.2 Å². The predicted molar refractivity (Wildman–Crippen MR) is 135 cm³/mol. The number of thiazole rings is 1. The minimum Gasteiger partial charge on any atom is -0.493 e. The number of rotatable bonds is 9. The highest BCUT2D eigenvalue weighted by Gasteiger charge is 2.08. The fourth-order valence-corrected chi connectivity index (χ4v) is 4.96. The third-order valence-electron chi connectivity index (χ3n) is 4.67. The molecule has 0 saturated heterocycles. The topological polar surface area (TPSA) is 72.8 Å². The van der Waals surface area contributed by atoms with Crippen LogP contribution in [0.3, 0.4) is 0 Å². The van der Waals surface area contributed by atoms with Gasteiger partial charge in [0, 0.05) is 0 Å². The van der Waals surface area contributed by atoms with Crippen molar-refractivity contribution >= 4 is 45.4 Å². The third-order valence-corrected chi connectivity index (χ3v) is 6.85. The van der Waals surface area contributed by atoms with Crippen molar-refractivity contribution in [2.45, 2.75) is 17.9 Å². The first-order valence-electron chi connectivity index (χ1n) is 10.3. The Morgan fingerprint density at radius 1 is 1.12 bits per heavy atom. The fraction of sp³-hybridized carbons (Fsp3) is 0.160. The molecule has 0 aliphatic carbocycles. The lowest BCUT2D eigenvalue weighted by Crippen LogP contribution is -2.19. The Balaban J connectivity index is 1.29. The fourth-order valence-electron chi connectivity index (χ4n) is 3.10. The van der Waals surface area contributed by atoms with Crippen LogP contribution in [0.4, 0.5) is 0 Å². The lowest BCUT2D eigenvalue weighted by molar-refractivity contribution is -0.118. The summed E-state index contributed by atoms with van der Waals surface area (Å²) in [6.45, 7) is 2.50. The van der Waals surface area contributed by atoms with Gasteiger partial charge in [0.1, 0.15) is 6.61 Å². The second-order valence-electron chi connectivity index (χ2n) is 7.22.